The first-order chi connectivity index (χ1) is 24.5. The minimum atomic E-state index is -0.0835. The van der Waals surface area contributed by atoms with Crippen molar-refractivity contribution in [1.82, 2.24) is 9.55 Å². The van der Waals surface area contributed by atoms with Gasteiger partial charge in [0, 0.05) is 39.0 Å². The van der Waals surface area contributed by atoms with E-state index in [1.165, 1.54) is 77.1 Å². The maximum Gasteiger partial charge on any atom is 0.0780 e. The van der Waals surface area contributed by atoms with Crippen molar-refractivity contribution < 1.29 is 0 Å². The molecule has 0 fully saturated rings. The van der Waals surface area contributed by atoms with Gasteiger partial charge >= 0.3 is 0 Å². The van der Waals surface area contributed by atoms with Crippen LogP contribution >= 0.6 is 0 Å². The molecule has 10 rings (SSSR count). The summed E-state index contributed by atoms with van der Waals surface area (Å²) in [5, 5.41) is 4.89. The molecule has 0 aliphatic heterocycles. The molecule has 0 spiro atoms. The molecule has 1 aliphatic rings. The first kappa shape index (κ1) is 28.7. The van der Waals surface area contributed by atoms with Crippen LogP contribution in [0.3, 0.4) is 0 Å². The third kappa shape index (κ3) is 4.32. The van der Waals surface area contributed by atoms with Crippen LogP contribution < -0.4 is 0 Å². The first-order valence-corrected chi connectivity index (χ1v) is 17.4. The second kappa shape index (κ2) is 10.9. The van der Waals surface area contributed by atoms with Gasteiger partial charge in [-0.1, -0.05) is 129 Å². The van der Waals surface area contributed by atoms with Gasteiger partial charge < -0.3 is 4.57 Å². The van der Waals surface area contributed by atoms with Crippen molar-refractivity contribution in [2.45, 2.75) is 19.3 Å². The molecule has 1 aliphatic carbocycles. The van der Waals surface area contributed by atoms with Gasteiger partial charge in [0.05, 0.1) is 16.7 Å². The molecule has 0 bridgehead atoms. The Hall–Kier alpha value is -6.25. The molecule has 2 aromatic heterocycles. The van der Waals surface area contributed by atoms with Crippen LogP contribution in [0, 0.1) is 0 Å². The number of benzene rings is 7. The highest BCUT2D eigenvalue weighted by molar-refractivity contribution is 6.13. The lowest BCUT2D eigenvalue weighted by atomic mass is 9.82. The highest BCUT2D eigenvalue weighted by Crippen LogP contribution is 2.51. The summed E-state index contributed by atoms with van der Waals surface area (Å²) in [7, 11) is 0. The lowest BCUT2D eigenvalue weighted by Gasteiger charge is -2.21. The molecule has 0 saturated carbocycles. The van der Waals surface area contributed by atoms with Crippen LogP contribution in [0.25, 0.3) is 82.9 Å². The number of fused-ring (bicyclic) bond motifs is 7. The fraction of sp³-hybridized carbons (Fsp3) is 0.0625. The van der Waals surface area contributed by atoms with Gasteiger partial charge in [0.25, 0.3) is 0 Å². The van der Waals surface area contributed by atoms with E-state index in [-0.39, 0.29) is 5.41 Å². The lowest BCUT2D eigenvalue weighted by Crippen LogP contribution is -2.14. The van der Waals surface area contributed by atoms with Gasteiger partial charge in [0.1, 0.15) is 0 Å². The average molecular weight is 639 g/mol. The minimum absolute atomic E-state index is 0.0835. The number of nitrogens with zero attached hydrogens (tertiary/aromatic N) is 2. The number of hydrogen-bond donors (Lipinski definition) is 0. The van der Waals surface area contributed by atoms with E-state index in [4.69, 9.17) is 4.98 Å². The molecule has 0 atom stereocenters. The summed E-state index contributed by atoms with van der Waals surface area (Å²) < 4.78 is 2.46. The van der Waals surface area contributed by atoms with Crippen molar-refractivity contribution in [3.8, 4) is 50.3 Å². The zero-order valence-electron chi connectivity index (χ0n) is 28.1. The van der Waals surface area contributed by atoms with Gasteiger partial charge in [-0.25, -0.2) is 0 Å². The monoisotopic (exact) mass is 638 g/mol. The van der Waals surface area contributed by atoms with Gasteiger partial charge in [-0.2, -0.15) is 0 Å². The van der Waals surface area contributed by atoms with Crippen LogP contribution in [-0.4, -0.2) is 9.55 Å². The highest BCUT2D eigenvalue weighted by atomic mass is 15.0. The van der Waals surface area contributed by atoms with Crippen molar-refractivity contribution in [1.29, 1.82) is 0 Å². The molecule has 2 nitrogen and oxygen atoms in total. The molecule has 2 heterocycles. The third-order valence-electron chi connectivity index (χ3n) is 10.8. The van der Waals surface area contributed by atoms with Crippen molar-refractivity contribution in [2.75, 3.05) is 0 Å². The van der Waals surface area contributed by atoms with Crippen molar-refractivity contribution >= 4 is 32.6 Å². The van der Waals surface area contributed by atoms with Gasteiger partial charge in [-0.3, -0.25) is 4.98 Å². The Morgan fingerprint density at radius 2 is 1.12 bits per heavy atom. The normalized spacial score (nSPS) is 13.2. The topological polar surface area (TPSA) is 17.8 Å². The van der Waals surface area contributed by atoms with E-state index in [2.05, 4.69) is 182 Å². The van der Waals surface area contributed by atoms with Crippen LogP contribution in [0.4, 0.5) is 0 Å². The van der Waals surface area contributed by atoms with E-state index in [1.54, 1.807) is 0 Å². The molecular weight excluding hydrogens is 605 g/mol. The van der Waals surface area contributed by atoms with Crippen molar-refractivity contribution in [3.05, 3.63) is 181 Å². The molecule has 0 unspecified atom stereocenters. The van der Waals surface area contributed by atoms with Crippen LogP contribution in [0.1, 0.15) is 25.0 Å². The summed E-state index contributed by atoms with van der Waals surface area (Å²) in [5.41, 5.74) is 15.9. The molecule has 0 amide bonds. The van der Waals surface area contributed by atoms with E-state index in [0.29, 0.717) is 0 Å². The van der Waals surface area contributed by atoms with Gasteiger partial charge in [0.2, 0.25) is 0 Å². The fourth-order valence-electron chi connectivity index (χ4n) is 8.30. The Morgan fingerprint density at radius 3 is 2.00 bits per heavy atom. The SMILES string of the molecule is CC1(C)c2ccccc2-c2cc3c4cc(-c5cccc(-c6nccc7ccccc67)c5)ccc4n(-c4ccc(-c5ccccc5)cc4)c3cc21. The quantitative estimate of drug-likeness (QED) is 0.188. The summed E-state index contributed by atoms with van der Waals surface area (Å²) in [6, 6.07) is 59.8. The Bertz CT molecular complexity index is 2760. The molecule has 7 aromatic carbocycles. The Morgan fingerprint density at radius 1 is 0.440 bits per heavy atom. The highest BCUT2D eigenvalue weighted by Gasteiger charge is 2.36. The summed E-state index contributed by atoms with van der Waals surface area (Å²) >= 11 is 0. The molecule has 2 heteroatoms. The standard InChI is InChI=1S/C48H34N2/c1-48(2)43-18-9-8-17-39(43)40-29-42-41-28-35(34-14-10-15-36(27-34)47-38-16-7-6-13-33(38)25-26-49-47)21-24-45(41)50(46(42)30-44(40)48)37-22-19-32(20-23-37)31-11-4-3-5-12-31/h3-30H,1-2H3. The largest absolute Gasteiger partial charge is 0.309 e. The molecule has 236 valence electrons. The molecule has 0 saturated heterocycles. The zero-order valence-corrected chi connectivity index (χ0v) is 28.1. The van der Waals surface area contributed by atoms with Crippen molar-refractivity contribution in [2.24, 2.45) is 0 Å². The smallest absolute Gasteiger partial charge is 0.0780 e. The predicted octanol–water partition coefficient (Wildman–Crippen LogP) is 12.6. The van der Waals surface area contributed by atoms with Crippen LogP contribution in [0.5, 0.6) is 0 Å². The number of aromatic nitrogens is 2. The second-order valence-electron chi connectivity index (χ2n) is 14.0. The second-order valence-corrected chi connectivity index (χ2v) is 14.0. The maximum atomic E-state index is 4.83. The van der Waals surface area contributed by atoms with Crippen molar-refractivity contribution in [3.63, 3.8) is 0 Å². The molecule has 0 N–H and O–H groups in total. The summed E-state index contributed by atoms with van der Waals surface area (Å²) in [4.78, 5) is 4.83. The summed E-state index contributed by atoms with van der Waals surface area (Å²) in [6.07, 6.45) is 1.91. The molecule has 0 radical (unpaired) electrons. The predicted molar refractivity (Wildman–Crippen MR) is 210 cm³/mol. The van der Waals surface area contributed by atoms with Gasteiger partial charge in [0.15, 0.2) is 0 Å². The van der Waals surface area contributed by atoms with Crippen LogP contribution in [0.2, 0.25) is 0 Å². The lowest BCUT2D eigenvalue weighted by molar-refractivity contribution is 0.661. The molecule has 50 heavy (non-hydrogen) atoms. The summed E-state index contributed by atoms with van der Waals surface area (Å²) in [5.74, 6) is 0. The first-order valence-electron chi connectivity index (χ1n) is 17.4. The van der Waals surface area contributed by atoms with E-state index in [1.807, 2.05) is 6.20 Å². The third-order valence-corrected chi connectivity index (χ3v) is 10.8. The average Bonchev–Trinajstić information content (AvgIpc) is 3.61. The number of hydrogen-bond acceptors (Lipinski definition) is 1. The fourth-order valence-corrected chi connectivity index (χ4v) is 8.30. The Labute approximate surface area is 291 Å². The Kier molecular flexibility index (Phi) is 6.25. The van der Waals surface area contributed by atoms with E-state index in [0.717, 1.165) is 16.9 Å². The van der Waals surface area contributed by atoms with Gasteiger partial charge in [-0.15, -0.1) is 0 Å². The van der Waals surface area contributed by atoms with E-state index in [9.17, 15) is 0 Å². The number of rotatable bonds is 4. The molecule has 9 aromatic rings. The molecular formula is C48H34N2. The van der Waals surface area contributed by atoms with Gasteiger partial charge in [-0.05, 0) is 98.4 Å². The minimum Gasteiger partial charge on any atom is -0.309 e. The van der Waals surface area contributed by atoms with Crippen LogP contribution in [0.15, 0.2) is 170 Å². The van der Waals surface area contributed by atoms with E-state index >= 15 is 0 Å². The Balaban J connectivity index is 1.19. The van der Waals surface area contributed by atoms with Crippen LogP contribution in [-0.2, 0) is 5.41 Å². The van der Waals surface area contributed by atoms with E-state index < -0.39 is 0 Å². The summed E-state index contributed by atoms with van der Waals surface area (Å²) in [6.45, 7) is 4.72. The number of pyridine rings is 1. The maximum absolute atomic E-state index is 4.83. The zero-order chi connectivity index (χ0) is 33.4.